The molecule has 0 amide bonds. The molecule has 160 valence electrons. The average molecular weight is 446 g/mol. The second-order valence-electron chi connectivity index (χ2n) is 7.48. The number of nitrogens with one attached hydrogen (secondary N) is 1. The predicted molar refractivity (Wildman–Crippen MR) is 118 cm³/mol. The minimum absolute atomic E-state index is 0.0394. The summed E-state index contributed by atoms with van der Waals surface area (Å²) in [6.45, 7) is 2.12. The number of nitrogens with zero attached hydrogens (tertiary/aromatic N) is 10. The minimum atomic E-state index is -0.0394. The molecule has 0 spiro atoms. The topological polar surface area (TPSA) is 119 Å². The normalized spacial score (nSPS) is 15.1. The molecule has 0 aliphatic carbocycles. The Morgan fingerprint density at radius 1 is 1.22 bits per heavy atom. The lowest BCUT2D eigenvalue weighted by Gasteiger charge is -2.35. The third kappa shape index (κ3) is 2.91. The number of rotatable bonds is 5. The van der Waals surface area contributed by atoms with E-state index in [4.69, 9.17) is 4.98 Å². The summed E-state index contributed by atoms with van der Waals surface area (Å²) >= 11 is 1.57. The maximum absolute atomic E-state index is 4.98. The first-order valence-electron chi connectivity index (χ1n) is 10.2. The molecule has 11 nitrogen and oxygen atoms in total. The van der Waals surface area contributed by atoms with Crippen molar-refractivity contribution in [2.24, 2.45) is 7.05 Å². The molecule has 32 heavy (non-hydrogen) atoms. The number of aromatic nitrogens is 10. The molecule has 6 rings (SSSR count). The van der Waals surface area contributed by atoms with E-state index in [1.54, 1.807) is 28.5 Å². The zero-order valence-corrected chi connectivity index (χ0v) is 18.2. The summed E-state index contributed by atoms with van der Waals surface area (Å²) in [6, 6.07) is 1.94. The van der Waals surface area contributed by atoms with Gasteiger partial charge in [-0.2, -0.15) is 10.2 Å². The molecule has 1 aliphatic rings. The standard InChI is InChI=1S/C20H19N11S/c1-3-13-19-27-24-11-30(19)14-10-22-15(25-18(14)31(13)16-4-6-29(2)28-16)8-12-9-23-26-17(12)20-21-5-7-32-20/h4-7,9-11,13H,3,8H2,1-2H3,(H,23,26). The first kappa shape index (κ1) is 18.8. The Hall–Kier alpha value is -3.93. The molecule has 1 aliphatic heterocycles. The van der Waals surface area contributed by atoms with E-state index < -0.39 is 0 Å². The summed E-state index contributed by atoms with van der Waals surface area (Å²) in [5.74, 6) is 3.14. The van der Waals surface area contributed by atoms with Crippen LogP contribution in [-0.2, 0) is 13.5 Å². The zero-order chi connectivity index (χ0) is 21.7. The van der Waals surface area contributed by atoms with Gasteiger partial charge in [0.2, 0.25) is 0 Å². The molecule has 1 unspecified atom stereocenters. The van der Waals surface area contributed by atoms with Crippen LogP contribution >= 0.6 is 11.3 Å². The third-order valence-electron chi connectivity index (χ3n) is 5.52. The fourth-order valence-electron chi connectivity index (χ4n) is 4.07. The molecule has 1 atom stereocenters. The molecule has 1 N–H and O–H groups in total. The van der Waals surface area contributed by atoms with Crippen molar-refractivity contribution in [1.82, 2.24) is 49.7 Å². The van der Waals surface area contributed by atoms with E-state index in [9.17, 15) is 0 Å². The highest BCUT2D eigenvalue weighted by Crippen LogP contribution is 2.42. The number of thiazole rings is 1. The van der Waals surface area contributed by atoms with Gasteiger partial charge in [0.25, 0.3) is 0 Å². The van der Waals surface area contributed by atoms with Crippen molar-refractivity contribution in [3.63, 3.8) is 0 Å². The molecule has 5 aromatic heterocycles. The number of H-pyrrole nitrogens is 1. The van der Waals surface area contributed by atoms with Crippen LogP contribution in [0.25, 0.3) is 16.4 Å². The van der Waals surface area contributed by atoms with Gasteiger partial charge in [-0.3, -0.25) is 19.2 Å². The van der Waals surface area contributed by atoms with Crippen LogP contribution in [0.1, 0.15) is 36.6 Å². The number of aromatic amines is 1. The van der Waals surface area contributed by atoms with Crippen LogP contribution in [0.2, 0.25) is 0 Å². The Bertz CT molecular complexity index is 1380. The molecular formula is C20H19N11S. The highest BCUT2D eigenvalue weighted by Gasteiger charge is 2.35. The molecule has 0 saturated carbocycles. The Balaban J connectivity index is 1.46. The van der Waals surface area contributed by atoms with Crippen LogP contribution in [0, 0.1) is 0 Å². The summed E-state index contributed by atoms with van der Waals surface area (Å²) in [7, 11) is 1.91. The molecule has 5 aromatic rings. The van der Waals surface area contributed by atoms with E-state index in [1.807, 2.05) is 41.7 Å². The SMILES string of the molecule is CCC1c2nncn2-c2cnc(Cc3cn[nH]c3-c3nccs3)nc2N1c1ccn(C)n1. The Morgan fingerprint density at radius 3 is 2.94 bits per heavy atom. The first-order chi connectivity index (χ1) is 15.7. The lowest BCUT2D eigenvalue weighted by Crippen LogP contribution is -2.32. The number of hydrogen-bond donors (Lipinski definition) is 1. The van der Waals surface area contributed by atoms with Crippen LogP contribution in [0.5, 0.6) is 0 Å². The van der Waals surface area contributed by atoms with Crippen LogP contribution in [0.15, 0.2) is 42.6 Å². The summed E-state index contributed by atoms with van der Waals surface area (Å²) in [5.41, 5.74) is 2.73. The van der Waals surface area contributed by atoms with Gasteiger partial charge in [-0.25, -0.2) is 15.0 Å². The number of fused-ring (bicyclic) bond motifs is 3. The fraction of sp³-hybridized carbons (Fsp3) is 0.250. The molecule has 6 heterocycles. The van der Waals surface area contributed by atoms with E-state index >= 15 is 0 Å². The van der Waals surface area contributed by atoms with Gasteiger partial charge in [0.15, 0.2) is 17.5 Å². The summed E-state index contributed by atoms with van der Waals surface area (Å²) in [5, 5.41) is 23.3. The summed E-state index contributed by atoms with van der Waals surface area (Å²) in [4.78, 5) is 16.2. The van der Waals surface area contributed by atoms with Crippen molar-refractivity contribution in [3.8, 4) is 16.4 Å². The minimum Gasteiger partial charge on any atom is -0.297 e. The second kappa shape index (κ2) is 7.34. The first-order valence-corrected chi connectivity index (χ1v) is 11.1. The van der Waals surface area contributed by atoms with Gasteiger partial charge >= 0.3 is 0 Å². The van der Waals surface area contributed by atoms with E-state index in [0.29, 0.717) is 12.2 Å². The van der Waals surface area contributed by atoms with E-state index in [2.05, 4.69) is 47.3 Å². The highest BCUT2D eigenvalue weighted by atomic mass is 32.1. The lowest BCUT2D eigenvalue weighted by molar-refractivity contribution is 0.579. The van der Waals surface area contributed by atoms with Crippen molar-refractivity contribution in [1.29, 1.82) is 0 Å². The van der Waals surface area contributed by atoms with Gasteiger partial charge in [-0.15, -0.1) is 21.5 Å². The zero-order valence-electron chi connectivity index (χ0n) is 17.4. The maximum Gasteiger partial charge on any atom is 0.163 e. The molecule has 12 heteroatoms. The molecular weight excluding hydrogens is 426 g/mol. The van der Waals surface area contributed by atoms with Gasteiger partial charge in [-0.1, -0.05) is 6.92 Å². The smallest absolute Gasteiger partial charge is 0.163 e. The van der Waals surface area contributed by atoms with E-state index in [-0.39, 0.29) is 6.04 Å². The Kier molecular flexibility index (Phi) is 4.31. The van der Waals surface area contributed by atoms with E-state index in [1.165, 1.54) is 0 Å². The molecule has 0 bridgehead atoms. The highest BCUT2D eigenvalue weighted by molar-refractivity contribution is 7.13. The van der Waals surface area contributed by atoms with Gasteiger partial charge in [0.05, 0.1) is 24.1 Å². The number of aryl methyl sites for hydroxylation is 1. The van der Waals surface area contributed by atoms with Crippen molar-refractivity contribution < 1.29 is 0 Å². The van der Waals surface area contributed by atoms with Crippen molar-refractivity contribution in [2.45, 2.75) is 25.8 Å². The quantitative estimate of drug-likeness (QED) is 0.439. The van der Waals surface area contributed by atoms with Gasteiger partial charge < -0.3 is 0 Å². The molecule has 0 aromatic carbocycles. The van der Waals surface area contributed by atoms with Gasteiger partial charge in [-0.05, 0) is 6.42 Å². The average Bonchev–Trinajstić information content (AvgIpc) is 3.59. The molecule has 0 radical (unpaired) electrons. The van der Waals surface area contributed by atoms with Crippen LogP contribution < -0.4 is 4.90 Å². The maximum atomic E-state index is 4.98. The van der Waals surface area contributed by atoms with Gasteiger partial charge in [0.1, 0.15) is 22.8 Å². The Labute approximate surface area is 186 Å². The monoisotopic (exact) mass is 445 g/mol. The predicted octanol–water partition coefficient (Wildman–Crippen LogP) is 2.83. The van der Waals surface area contributed by atoms with Crippen LogP contribution in [0.4, 0.5) is 11.6 Å². The second-order valence-corrected chi connectivity index (χ2v) is 8.37. The largest absolute Gasteiger partial charge is 0.297 e. The van der Waals surface area contributed by atoms with E-state index in [0.717, 1.165) is 45.8 Å². The summed E-state index contributed by atoms with van der Waals surface area (Å²) < 4.78 is 3.75. The number of anilines is 2. The van der Waals surface area contributed by atoms with Crippen LogP contribution in [0.3, 0.4) is 0 Å². The third-order valence-corrected chi connectivity index (χ3v) is 6.31. The van der Waals surface area contributed by atoms with Crippen molar-refractivity contribution in [2.75, 3.05) is 4.90 Å². The fourth-order valence-corrected chi connectivity index (χ4v) is 4.73. The lowest BCUT2D eigenvalue weighted by atomic mass is 10.1. The van der Waals surface area contributed by atoms with Crippen molar-refractivity contribution in [3.05, 3.63) is 59.8 Å². The Morgan fingerprint density at radius 2 is 2.16 bits per heavy atom. The number of hydrogen-bond acceptors (Lipinski definition) is 9. The van der Waals surface area contributed by atoms with Gasteiger partial charge in [0, 0.05) is 42.9 Å². The van der Waals surface area contributed by atoms with Crippen molar-refractivity contribution >= 4 is 23.0 Å². The summed E-state index contributed by atoms with van der Waals surface area (Å²) in [6.07, 6.45) is 10.4. The van der Waals surface area contributed by atoms with Crippen LogP contribution in [-0.4, -0.2) is 49.7 Å². The molecule has 0 fully saturated rings. The molecule has 0 saturated heterocycles.